The van der Waals surface area contributed by atoms with E-state index in [2.05, 4.69) is 15.9 Å². The number of ketones is 1. The highest BCUT2D eigenvalue weighted by Crippen LogP contribution is 2.31. The van der Waals surface area contributed by atoms with Crippen LogP contribution in [0, 0.1) is 0 Å². The van der Waals surface area contributed by atoms with Crippen molar-refractivity contribution in [2.75, 3.05) is 17.3 Å². The minimum atomic E-state index is -0.412. The van der Waals surface area contributed by atoms with Gasteiger partial charge in [-0.25, -0.2) is 0 Å². The number of Topliss-reactive ketones (excluding diaryl/α,β-unsaturated/α-hetero) is 1. The van der Waals surface area contributed by atoms with Crippen molar-refractivity contribution in [3.8, 4) is 0 Å². The third-order valence-electron chi connectivity index (χ3n) is 3.20. The lowest BCUT2D eigenvalue weighted by Crippen LogP contribution is -2.30. The molecule has 0 unspecified atom stereocenters. The van der Waals surface area contributed by atoms with Gasteiger partial charge in [0.2, 0.25) is 0 Å². The van der Waals surface area contributed by atoms with Crippen molar-refractivity contribution in [2.24, 2.45) is 0 Å². The molecule has 0 fully saturated rings. The Morgan fingerprint density at radius 3 is 2.58 bits per heavy atom. The Balaban J connectivity index is 2.02. The number of alkyl halides is 1. The molecule has 0 aliphatic carbocycles. The molecule has 19 heavy (non-hydrogen) atoms. The molecule has 1 aliphatic heterocycles. The number of nitrogens with zero attached hydrogens (tertiary/aromatic N) is 1. The van der Waals surface area contributed by atoms with Gasteiger partial charge in [-0.05, 0) is 31.0 Å². The number of hydrogen-bond donors (Lipinski definition) is 0. The molecule has 5 heteroatoms. The van der Waals surface area contributed by atoms with Crippen molar-refractivity contribution < 1.29 is 9.59 Å². The summed E-state index contributed by atoms with van der Waals surface area (Å²) in [7, 11) is 0. The Morgan fingerprint density at radius 2 is 1.84 bits per heavy atom. The van der Waals surface area contributed by atoms with Gasteiger partial charge in [0.05, 0.1) is 11.3 Å². The fraction of sp³-hybridized carbons (Fsp3) is 0.429. The molecule has 1 aromatic carbocycles. The molecule has 3 nitrogen and oxygen atoms in total. The molecule has 0 aromatic heterocycles. The lowest BCUT2D eigenvalue weighted by molar-refractivity contribution is -0.114. The molecule has 1 amide bonds. The average Bonchev–Trinajstić information content (AvgIpc) is 2.63. The van der Waals surface area contributed by atoms with Crippen LogP contribution in [0.1, 0.15) is 36.0 Å². The van der Waals surface area contributed by atoms with Gasteiger partial charge in [0.25, 0.3) is 11.7 Å². The summed E-state index contributed by atoms with van der Waals surface area (Å²) in [5.74, 6) is -0.139. The van der Waals surface area contributed by atoms with Crippen molar-refractivity contribution in [1.82, 2.24) is 0 Å². The zero-order chi connectivity index (χ0) is 13.8. The van der Waals surface area contributed by atoms with Crippen LogP contribution in [0.2, 0.25) is 0 Å². The molecule has 0 spiro atoms. The van der Waals surface area contributed by atoms with Crippen LogP contribution in [0.25, 0.3) is 0 Å². The van der Waals surface area contributed by atoms with Gasteiger partial charge < -0.3 is 4.90 Å². The first-order valence-electron chi connectivity index (χ1n) is 6.37. The summed E-state index contributed by atoms with van der Waals surface area (Å²) < 4.78 is 0.816. The maximum Gasteiger partial charge on any atom is 0.299 e. The quantitative estimate of drug-likeness (QED) is 0.447. The molecule has 0 radical (unpaired) electrons. The smallest absolute Gasteiger partial charge is 0.299 e. The highest BCUT2D eigenvalue weighted by atomic mass is 79.9. The zero-order valence-electron chi connectivity index (χ0n) is 10.5. The standard InChI is InChI=1S/C14H15BrClNO2/c15-10-5-6-12-11(9-10)13(18)14(19)17(12)8-4-2-1-3-7-16/h5-6,9H,1-4,7-8H2. The molecule has 102 valence electrons. The minimum absolute atomic E-state index is 0.406. The van der Waals surface area contributed by atoms with E-state index in [4.69, 9.17) is 11.6 Å². The summed E-state index contributed by atoms with van der Waals surface area (Å²) in [6.45, 7) is 0.599. The van der Waals surface area contributed by atoms with Crippen LogP contribution in [0.15, 0.2) is 22.7 Å². The molecular formula is C14H15BrClNO2. The molecular weight excluding hydrogens is 330 g/mol. The van der Waals surface area contributed by atoms with Crippen LogP contribution in [-0.2, 0) is 4.79 Å². The van der Waals surface area contributed by atoms with E-state index in [1.165, 1.54) is 0 Å². The van der Waals surface area contributed by atoms with Crippen LogP contribution in [0.4, 0.5) is 5.69 Å². The van der Waals surface area contributed by atoms with Gasteiger partial charge in [-0.3, -0.25) is 9.59 Å². The predicted octanol–water partition coefficient (Wildman–Crippen LogP) is 3.78. The van der Waals surface area contributed by atoms with Crippen molar-refractivity contribution >= 4 is 44.9 Å². The van der Waals surface area contributed by atoms with Crippen LogP contribution < -0.4 is 4.90 Å². The van der Waals surface area contributed by atoms with E-state index in [1.54, 1.807) is 11.0 Å². The molecule has 2 rings (SSSR count). The van der Waals surface area contributed by atoms with E-state index in [0.29, 0.717) is 18.0 Å². The maximum absolute atomic E-state index is 11.9. The second kappa shape index (κ2) is 6.53. The van der Waals surface area contributed by atoms with E-state index in [1.807, 2.05) is 12.1 Å². The summed E-state index contributed by atoms with van der Waals surface area (Å²) in [5, 5.41) is 0. The largest absolute Gasteiger partial charge is 0.305 e. The van der Waals surface area contributed by atoms with Gasteiger partial charge in [0.1, 0.15) is 0 Å². The van der Waals surface area contributed by atoms with Gasteiger partial charge >= 0.3 is 0 Å². The molecule has 0 bridgehead atoms. The Kier molecular flexibility index (Phi) is 4.99. The lowest BCUT2D eigenvalue weighted by atomic mass is 10.1. The van der Waals surface area contributed by atoms with E-state index in [9.17, 15) is 9.59 Å². The number of hydrogen-bond acceptors (Lipinski definition) is 2. The highest BCUT2D eigenvalue weighted by molar-refractivity contribution is 9.10. The third kappa shape index (κ3) is 3.18. The highest BCUT2D eigenvalue weighted by Gasteiger charge is 2.35. The van der Waals surface area contributed by atoms with E-state index >= 15 is 0 Å². The molecule has 0 saturated carbocycles. The van der Waals surface area contributed by atoms with Crippen LogP contribution in [-0.4, -0.2) is 24.1 Å². The van der Waals surface area contributed by atoms with Crippen LogP contribution in [0.3, 0.4) is 0 Å². The number of benzene rings is 1. The predicted molar refractivity (Wildman–Crippen MR) is 80.0 cm³/mol. The van der Waals surface area contributed by atoms with Gasteiger partial charge in [-0.2, -0.15) is 0 Å². The third-order valence-corrected chi connectivity index (χ3v) is 3.96. The Hall–Kier alpha value is -0.870. The van der Waals surface area contributed by atoms with Crippen LogP contribution in [0.5, 0.6) is 0 Å². The molecule has 1 aromatic rings. The molecule has 0 saturated heterocycles. The van der Waals surface area contributed by atoms with Crippen molar-refractivity contribution in [2.45, 2.75) is 25.7 Å². The van der Waals surface area contributed by atoms with E-state index in [0.717, 1.165) is 35.8 Å². The number of carbonyl (C=O) groups excluding carboxylic acids is 2. The SMILES string of the molecule is O=C1C(=O)N(CCCCCCCl)c2ccc(Br)cc21. The summed E-state index contributed by atoms with van der Waals surface area (Å²) in [5.41, 5.74) is 1.23. The fourth-order valence-corrected chi connectivity index (χ4v) is 2.76. The lowest BCUT2D eigenvalue weighted by Gasteiger charge is -2.16. The summed E-state index contributed by atoms with van der Waals surface area (Å²) in [4.78, 5) is 25.4. The molecule has 0 atom stereocenters. The summed E-state index contributed by atoms with van der Waals surface area (Å²) in [6, 6.07) is 5.38. The number of anilines is 1. The maximum atomic E-state index is 11.9. The molecule has 1 aliphatic rings. The number of fused-ring (bicyclic) bond motifs is 1. The normalized spacial score (nSPS) is 14.1. The minimum Gasteiger partial charge on any atom is -0.305 e. The summed E-state index contributed by atoms with van der Waals surface area (Å²) in [6.07, 6.45) is 3.98. The van der Waals surface area contributed by atoms with Crippen molar-refractivity contribution in [3.05, 3.63) is 28.2 Å². The monoisotopic (exact) mass is 343 g/mol. The van der Waals surface area contributed by atoms with E-state index in [-0.39, 0.29) is 0 Å². The molecule has 1 heterocycles. The number of rotatable bonds is 6. The first-order chi connectivity index (χ1) is 9.15. The van der Waals surface area contributed by atoms with Gasteiger partial charge in [-0.1, -0.05) is 28.8 Å². The zero-order valence-corrected chi connectivity index (χ0v) is 12.8. The number of carbonyl (C=O) groups is 2. The Bertz CT molecular complexity index is 504. The topological polar surface area (TPSA) is 37.4 Å². The average molecular weight is 345 g/mol. The number of amides is 1. The fourth-order valence-electron chi connectivity index (χ4n) is 2.21. The Labute approximate surface area is 126 Å². The van der Waals surface area contributed by atoms with E-state index < -0.39 is 11.7 Å². The van der Waals surface area contributed by atoms with Crippen molar-refractivity contribution in [3.63, 3.8) is 0 Å². The first kappa shape index (κ1) is 14.5. The summed E-state index contributed by atoms with van der Waals surface area (Å²) >= 11 is 8.94. The first-order valence-corrected chi connectivity index (χ1v) is 7.69. The Morgan fingerprint density at radius 1 is 1.11 bits per heavy atom. The van der Waals surface area contributed by atoms with Gasteiger partial charge in [0.15, 0.2) is 0 Å². The van der Waals surface area contributed by atoms with Crippen molar-refractivity contribution in [1.29, 1.82) is 0 Å². The molecule has 0 N–H and O–H groups in total. The van der Waals surface area contributed by atoms with Gasteiger partial charge in [0, 0.05) is 16.9 Å². The van der Waals surface area contributed by atoms with Gasteiger partial charge in [-0.15, -0.1) is 11.6 Å². The second-order valence-electron chi connectivity index (χ2n) is 4.55. The second-order valence-corrected chi connectivity index (χ2v) is 5.84. The number of unbranched alkanes of at least 4 members (excludes halogenated alkanes) is 3. The number of halogens is 2. The van der Waals surface area contributed by atoms with Crippen LogP contribution >= 0.6 is 27.5 Å².